The summed E-state index contributed by atoms with van der Waals surface area (Å²) >= 11 is 0. The third-order valence-corrected chi connectivity index (χ3v) is 3.89. The molecule has 0 saturated heterocycles. The summed E-state index contributed by atoms with van der Waals surface area (Å²) in [6, 6.07) is 13.2. The first-order valence-electron chi connectivity index (χ1n) is 7.21. The molecule has 0 bridgehead atoms. The molecule has 2 aliphatic heterocycles. The van der Waals surface area contributed by atoms with Crippen LogP contribution >= 0.6 is 0 Å². The van der Waals surface area contributed by atoms with E-state index in [9.17, 15) is 4.79 Å². The third kappa shape index (κ3) is 2.35. The molecule has 2 aliphatic rings. The Morgan fingerprint density at radius 1 is 1.00 bits per heavy atom. The molecule has 2 heterocycles. The summed E-state index contributed by atoms with van der Waals surface area (Å²) in [6.07, 6.45) is 0.687. The number of amides is 1. The summed E-state index contributed by atoms with van der Waals surface area (Å²) < 4.78 is 16.2. The van der Waals surface area contributed by atoms with Crippen molar-refractivity contribution in [2.24, 2.45) is 5.92 Å². The minimum absolute atomic E-state index is 0.0478. The molecule has 0 aliphatic carbocycles. The van der Waals surface area contributed by atoms with Crippen LogP contribution in [0.5, 0.6) is 17.2 Å². The Labute approximate surface area is 127 Å². The zero-order valence-electron chi connectivity index (χ0n) is 11.9. The smallest absolute Gasteiger partial charge is 0.231 e. The van der Waals surface area contributed by atoms with Crippen molar-refractivity contribution < 1.29 is 19.0 Å². The Morgan fingerprint density at radius 3 is 2.82 bits per heavy atom. The second kappa shape index (κ2) is 5.26. The first kappa shape index (κ1) is 13.0. The van der Waals surface area contributed by atoms with E-state index in [2.05, 4.69) is 5.32 Å². The number of benzene rings is 2. The van der Waals surface area contributed by atoms with Gasteiger partial charge in [-0.25, -0.2) is 0 Å². The van der Waals surface area contributed by atoms with Crippen LogP contribution in [0.2, 0.25) is 0 Å². The quantitative estimate of drug-likeness (QED) is 0.925. The van der Waals surface area contributed by atoms with E-state index in [1.165, 1.54) is 0 Å². The fraction of sp³-hybridized carbons (Fsp3) is 0.235. The van der Waals surface area contributed by atoms with Gasteiger partial charge in [-0.05, 0) is 30.2 Å². The standard InChI is InChI=1S/C17H15NO4/c19-17(12-7-11-3-1-2-4-14(11)20-9-12)18-13-5-6-15-16(8-13)22-10-21-15/h1-6,8,12H,7,9-10H2,(H,18,19)/t12-/m1/s1. The highest BCUT2D eigenvalue weighted by atomic mass is 16.7. The first-order valence-corrected chi connectivity index (χ1v) is 7.21. The molecular formula is C17H15NO4. The minimum atomic E-state index is -0.194. The zero-order valence-corrected chi connectivity index (χ0v) is 11.9. The van der Waals surface area contributed by atoms with E-state index in [0.717, 1.165) is 11.3 Å². The number of hydrogen-bond acceptors (Lipinski definition) is 4. The monoisotopic (exact) mass is 297 g/mol. The molecule has 5 nitrogen and oxygen atoms in total. The summed E-state index contributed by atoms with van der Waals surface area (Å²) in [5, 5.41) is 2.92. The lowest BCUT2D eigenvalue weighted by Gasteiger charge is -2.24. The van der Waals surface area contributed by atoms with Crippen molar-refractivity contribution in [1.82, 2.24) is 0 Å². The van der Waals surface area contributed by atoms with E-state index in [-0.39, 0.29) is 18.6 Å². The minimum Gasteiger partial charge on any atom is -0.492 e. The molecular weight excluding hydrogens is 282 g/mol. The summed E-state index contributed by atoms with van der Waals surface area (Å²) in [5.41, 5.74) is 1.77. The number of carbonyl (C=O) groups excluding carboxylic acids is 1. The van der Waals surface area contributed by atoms with Crippen molar-refractivity contribution in [3.8, 4) is 17.2 Å². The Kier molecular flexibility index (Phi) is 3.11. The lowest BCUT2D eigenvalue weighted by Crippen LogP contribution is -2.32. The van der Waals surface area contributed by atoms with Crippen LogP contribution < -0.4 is 19.5 Å². The van der Waals surface area contributed by atoms with Gasteiger partial charge in [0.25, 0.3) is 0 Å². The normalized spacial score (nSPS) is 18.3. The highest BCUT2D eigenvalue weighted by molar-refractivity contribution is 5.93. The van der Waals surface area contributed by atoms with E-state index >= 15 is 0 Å². The Balaban J connectivity index is 1.47. The predicted molar refractivity (Wildman–Crippen MR) is 80.3 cm³/mol. The maximum Gasteiger partial charge on any atom is 0.231 e. The van der Waals surface area contributed by atoms with Crippen molar-refractivity contribution in [2.45, 2.75) is 6.42 Å². The zero-order chi connectivity index (χ0) is 14.9. The molecule has 2 aromatic rings. The van der Waals surface area contributed by atoms with Crippen LogP contribution in [-0.2, 0) is 11.2 Å². The third-order valence-electron chi connectivity index (χ3n) is 3.89. The van der Waals surface area contributed by atoms with Gasteiger partial charge in [0, 0.05) is 11.8 Å². The molecule has 0 spiro atoms. The number of nitrogens with one attached hydrogen (secondary N) is 1. The maximum atomic E-state index is 12.4. The number of fused-ring (bicyclic) bond motifs is 2. The summed E-state index contributed by atoms with van der Waals surface area (Å²) in [7, 11) is 0. The molecule has 4 rings (SSSR count). The second-order valence-corrected chi connectivity index (χ2v) is 5.38. The molecule has 0 unspecified atom stereocenters. The molecule has 22 heavy (non-hydrogen) atoms. The van der Waals surface area contributed by atoms with Crippen LogP contribution in [0.3, 0.4) is 0 Å². The summed E-state index contributed by atoms with van der Waals surface area (Å²) in [5.74, 6) is 1.99. The highest BCUT2D eigenvalue weighted by Gasteiger charge is 2.26. The second-order valence-electron chi connectivity index (χ2n) is 5.38. The van der Waals surface area contributed by atoms with Gasteiger partial charge in [-0.2, -0.15) is 0 Å². The molecule has 112 valence electrons. The number of carbonyl (C=O) groups is 1. The topological polar surface area (TPSA) is 56.8 Å². The highest BCUT2D eigenvalue weighted by Crippen LogP contribution is 2.34. The van der Waals surface area contributed by atoms with Gasteiger partial charge in [0.15, 0.2) is 11.5 Å². The fourth-order valence-corrected chi connectivity index (χ4v) is 2.72. The van der Waals surface area contributed by atoms with Crippen LogP contribution in [0.1, 0.15) is 5.56 Å². The molecule has 0 radical (unpaired) electrons. The first-order chi connectivity index (χ1) is 10.8. The number of hydrogen-bond donors (Lipinski definition) is 1. The van der Waals surface area contributed by atoms with E-state index in [4.69, 9.17) is 14.2 Å². The van der Waals surface area contributed by atoms with Crippen molar-refractivity contribution in [1.29, 1.82) is 0 Å². The van der Waals surface area contributed by atoms with E-state index in [1.807, 2.05) is 30.3 Å². The van der Waals surface area contributed by atoms with Crippen LogP contribution in [0.25, 0.3) is 0 Å². The molecule has 5 heteroatoms. The Morgan fingerprint density at radius 2 is 1.86 bits per heavy atom. The average molecular weight is 297 g/mol. The Hall–Kier alpha value is -2.69. The molecule has 0 saturated carbocycles. The summed E-state index contributed by atoms with van der Waals surface area (Å²) in [4.78, 5) is 12.4. The predicted octanol–water partition coefficient (Wildman–Crippen LogP) is 2.61. The number of anilines is 1. The molecule has 1 atom stereocenters. The van der Waals surface area contributed by atoms with Crippen LogP contribution in [0.15, 0.2) is 42.5 Å². The number of rotatable bonds is 2. The van der Waals surface area contributed by atoms with Gasteiger partial charge in [-0.3, -0.25) is 4.79 Å². The lowest BCUT2D eigenvalue weighted by molar-refractivity contribution is -0.121. The van der Waals surface area contributed by atoms with E-state index in [0.29, 0.717) is 30.2 Å². The lowest BCUT2D eigenvalue weighted by atomic mass is 9.96. The largest absolute Gasteiger partial charge is 0.492 e. The Bertz CT molecular complexity index is 728. The number of para-hydroxylation sites is 1. The van der Waals surface area contributed by atoms with Crippen LogP contribution in [0, 0.1) is 5.92 Å². The van der Waals surface area contributed by atoms with E-state index in [1.54, 1.807) is 12.1 Å². The summed E-state index contributed by atoms with van der Waals surface area (Å²) in [6.45, 7) is 0.618. The van der Waals surface area contributed by atoms with Crippen LogP contribution in [0.4, 0.5) is 5.69 Å². The van der Waals surface area contributed by atoms with Gasteiger partial charge < -0.3 is 19.5 Å². The molecule has 0 aromatic heterocycles. The van der Waals surface area contributed by atoms with Gasteiger partial charge in [0.05, 0.1) is 5.92 Å². The number of ether oxygens (including phenoxy) is 3. The maximum absolute atomic E-state index is 12.4. The fourth-order valence-electron chi connectivity index (χ4n) is 2.72. The average Bonchev–Trinajstić information content (AvgIpc) is 3.02. The van der Waals surface area contributed by atoms with Crippen molar-refractivity contribution in [2.75, 3.05) is 18.7 Å². The molecule has 1 N–H and O–H groups in total. The molecule has 1 amide bonds. The van der Waals surface area contributed by atoms with Crippen LogP contribution in [-0.4, -0.2) is 19.3 Å². The van der Waals surface area contributed by atoms with Gasteiger partial charge in [0.1, 0.15) is 12.4 Å². The molecule has 0 fully saturated rings. The van der Waals surface area contributed by atoms with Gasteiger partial charge in [-0.1, -0.05) is 18.2 Å². The van der Waals surface area contributed by atoms with Gasteiger partial charge >= 0.3 is 0 Å². The van der Waals surface area contributed by atoms with Crippen molar-refractivity contribution in [3.63, 3.8) is 0 Å². The van der Waals surface area contributed by atoms with E-state index < -0.39 is 0 Å². The van der Waals surface area contributed by atoms with Crippen molar-refractivity contribution >= 4 is 11.6 Å². The van der Waals surface area contributed by atoms with Crippen molar-refractivity contribution in [3.05, 3.63) is 48.0 Å². The SMILES string of the molecule is O=C(Nc1ccc2c(c1)OCO2)[C@H]1COc2ccccc2C1. The molecule has 2 aromatic carbocycles. The van der Waals surface area contributed by atoms with Gasteiger partial charge in [-0.15, -0.1) is 0 Å². The van der Waals surface area contributed by atoms with Gasteiger partial charge in [0.2, 0.25) is 12.7 Å².